The number of aromatic nitrogens is 5. The first-order valence-electron chi connectivity index (χ1n) is 12.4. The van der Waals surface area contributed by atoms with Crippen molar-refractivity contribution in [2.45, 2.75) is 38.6 Å². The van der Waals surface area contributed by atoms with E-state index in [1.807, 2.05) is 12.4 Å². The molecule has 4 aromatic rings. The summed E-state index contributed by atoms with van der Waals surface area (Å²) in [6.45, 7) is 4.42. The number of thiazole rings is 1. The second kappa shape index (κ2) is 9.99. The molecule has 10 nitrogen and oxygen atoms in total. The number of aryl methyl sites for hydroxylation is 1. The van der Waals surface area contributed by atoms with Crippen molar-refractivity contribution in [1.82, 2.24) is 33.6 Å². The lowest BCUT2D eigenvalue weighted by Crippen LogP contribution is -2.50. The molecule has 192 valence electrons. The minimum absolute atomic E-state index is 0.187. The van der Waals surface area contributed by atoms with Crippen molar-refractivity contribution in [3.05, 3.63) is 53.9 Å². The molecule has 2 bridgehead atoms. The van der Waals surface area contributed by atoms with Gasteiger partial charge in [0.15, 0.2) is 0 Å². The van der Waals surface area contributed by atoms with Gasteiger partial charge in [0.1, 0.15) is 4.83 Å². The number of nitrogens with one attached hydrogen (secondary N) is 2. The van der Waals surface area contributed by atoms with Crippen molar-refractivity contribution in [2.24, 2.45) is 5.92 Å². The Balaban J connectivity index is 1.12. The van der Waals surface area contributed by atoms with Crippen molar-refractivity contribution in [1.29, 1.82) is 0 Å². The van der Waals surface area contributed by atoms with Crippen molar-refractivity contribution < 1.29 is 9.59 Å². The molecule has 0 unspecified atom stereocenters. The molecule has 2 aliphatic heterocycles. The van der Waals surface area contributed by atoms with Gasteiger partial charge in [-0.1, -0.05) is 0 Å². The maximum absolute atomic E-state index is 13.2. The fraction of sp³-hybridized carbons (Fsp3) is 0.400. The van der Waals surface area contributed by atoms with E-state index in [0.717, 1.165) is 34.3 Å². The highest BCUT2D eigenvalue weighted by Crippen LogP contribution is 2.34. The molecular weight excluding hydrogens is 556 g/mol. The van der Waals surface area contributed by atoms with E-state index in [4.69, 9.17) is 0 Å². The molecule has 2 amide bonds. The first-order valence-corrected chi connectivity index (χ1v) is 14.0. The molecule has 0 radical (unpaired) electrons. The van der Waals surface area contributed by atoms with Crippen molar-refractivity contribution in [2.75, 3.05) is 25.0 Å². The molecule has 2 N–H and O–H groups in total. The van der Waals surface area contributed by atoms with Crippen LogP contribution in [-0.2, 0) is 0 Å². The number of piperidine rings is 2. The van der Waals surface area contributed by atoms with Gasteiger partial charge in [-0.15, -0.1) is 11.3 Å². The molecule has 6 heterocycles. The molecule has 4 aromatic heterocycles. The standard InChI is InChI=1S/C25H27BrN8O2S/c1-15-21(8-17(9-28-15)23(35)27-6-7-32-12-16-2-4-19(32)5-3-16)31-24(36)20-11-29-33-14-22(37-25(20)33)18-10-30-34(26)13-18/h8-11,13-14,16,19H,2-7,12H2,1H3,(H,27,35)(H,31,36). The van der Waals surface area contributed by atoms with Gasteiger partial charge in [0.25, 0.3) is 11.8 Å². The van der Waals surface area contributed by atoms with Gasteiger partial charge in [-0.2, -0.15) is 10.2 Å². The molecule has 37 heavy (non-hydrogen) atoms. The Morgan fingerprint density at radius 1 is 1.11 bits per heavy atom. The average Bonchev–Trinajstić information content (AvgIpc) is 3.62. The molecule has 3 aliphatic rings. The zero-order valence-corrected chi connectivity index (χ0v) is 22.8. The summed E-state index contributed by atoms with van der Waals surface area (Å²) >= 11 is 4.74. The molecule has 3 fully saturated rings. The van der Waals surface area contributed by atoms with Crippen LogP contribution in [0.5, 0.6) is 0 Å². The van der Waals surface area contributed by atoms with Crippen LogP contribution in [0.2, 0.25) is 0 Å². The minimum atomic E-state index is -0.304. The number of nitrogens with zero attached hydrogens (tertiary/aromatic N) is 6. The van der Waals surface area contributed by atoms with E-state index in [9.17, 15) is 9.59 Å². The largest absolute Gasteiger partial charge is 0.351 e. The lowest BCUT2D eigenvalue weighted by molar-refractivity contribution is 0.0494. The zero-order chi connectivity index (χ0) is 25.5. The van der Waals surface area contributed by atoms with E-state index in [2.05, 4.69) is 46.9 Å². The van der Waals surface area contributed by atoms with Gasteiger partial charge in [-0.05, 0) is 44.6 Å². The van der Waals surface area contributed by atoms with Crippen LogP contribution >= 0.6 is 27.5 Å². The van der Waals surface area contributed by atoms with Crippen LogP contribution < -0.4 is 10.6 Å². The van der Waals surface area contributed by atoms with E-state index in [1.54, 1.807) is 39.8 Å². The van der Waals surface area contributed by atoms with Crippen LogP contribution in [0.4, 0.5) is 5.69 Å². The van der Waals surface area contributed by atoms with Gasteiger partial charge in [-0.25, -0.2) is 8.22 Å². The third kappa shape index (κ3) is 4.92. The number of rotatable bonds is 7. The quantitative estimate of drug-likeness (QED) is 0.341. The highest BCUT2D eigenvalue weighted by Gasteiger charge is 2.33. The monoisotopic (exact) mass is 582 g/mol. The zero-order valence-electron chi connectivity index (χ0n) is 20.4. The highest BCUT2D eigenvalue weighted by atomic mass is 79.9. The Bertz CT molecular complexity index is 1470. The van der Waals surface area contributed by atoms with E-state index in [0.29, 0.717) is 35.1 Å². The molecule has 12 heteroatoms. The third-order valence-electron chi connectivity index (χ3n) is 7.39. The van der Waals surface area contributed by atoms with Crippen LogP contribution in [0.1, 0.15) is 52.1 Å². The summed E-state index contributed by atoms with van der Waals surface area (Å²) in [4.78, 5) is 34.5. The predicted molar refractivity (Wildman–Crippen MR) is 145 cm³/mol. The normalized spacial score (nSPS) is 19.4. The van der Waals surface area contributed by atoms with Crippen molar-refractivity contribution in [3.8, 4) is 10.4 Å². The van der Waals surface area contributed by atoms with Gasteiger partial charge >= 0.3 is 0 Å². The Kier molecular flexibility index (Phi) is 6.55. The summed E-state index contributed by atoms with van der Waals surface area (Å²) in [5.74, 6) is 0.329. The Labute approximate surface area is 226 Å². The molecule has 0 spiro atoms. The maximum atomic E-state index is 13.2. The van der Waals surface area contributed by atoms with Gasteiger partial charge in [-0.3, -0.25) is 19.5 Å². The van der Waals surface area contributed by atoms with Gasteiger partial charge in [0, 0.05) is 49.8 Å². The fourth-order valence-corrected chi connectivity index (χ4v) is 6.68. The van der Waals surface area contributed by atoms with Gasteiger partial charge in [0.05, 0.1) is 55.9 Å². The van der Waals surface area contributed by atoms with Crippen LogP contribution in [0.15, 0.2) is 37.1 Å². The molecule has 1 saturated carbocycles. The number of amides is 2. The SMILES string of the molecule is Cc1ncc(C(=O)NCCN2CC3CCC2CC3)cc1NC(=O)c1cnn2cc(-c3cnn(Br)c3)sc12. The summed E-state index contributed by atoms with van der Waals surface area (Å²) in [6, 6.07) is 2.35. The summed E-state index contributed by atoms with van der Waals surface area (Å²) in [6.07, 6.45) is 13.8. The average molecular weight is 584 g/mol. The first kappa shape index (κ1) is 24.3. The Morgan fingerprint density at radius 2 is 1.95 bits per heavy atom. The number of carbonyl (C=O) groups excluding carboxylic acids is 2. The topological polar surface area (TPSA) is 109 Å². The number of halogens is 1. The fourth-order valence-electron chi connectivity index (χ4n) is 5.34. The maximum Gasteiger partial charge on any atom is 0.260 e. The molecule has 7 rings (SSSR count). The second-order valence-corrected chi connectivity index (χ2v) is 11.5. The van der Waals surface area contributed by atoms with Crippen molar-refractivity contribution >= 4 is 49.8 Å². The second-order valence-electron chi connectivity index (χ2n) is 9.76. The smallest absolute Gasteiger partial charge is 0.260 e. The molecule has 1 aliphatic carbocycles. The van der Waals surface area contributed by atoms with Gasteiger partial charge < -0.3 is 10.6 Å². The van der Waals surface area contributed by atoms with E-state index in [1.165, 1.54) is 37.0 Å². The number of pyridine rings is 1. The minimum Gasteiger partial charge on any atom is -0.351 e. The Hall–Kier alpha value is -3.09. The van der Waals surface area contributed by atoms with Crippen LogP contribution in [0, 0.1) is 12.8 Å². The molecule has 2 saturated heterocycles. The van der Waals surface area contributed by atoms with E-state index >= 15 is 0 Å². The van der Waals surface area contributed by atoms with Gasteiger partial charge in [0.2, 0.25) is 0 Å². The summed E-state index contributed by atoms with van der Waals surface area (Å²) in [5.41, 5.74) is 2.93. The number of carbonyl (C=O) groups is 2. The summed E-state index contributed by atoms with van der Waals surface area (Å²) in [7, 11) is 0. The highest BCUT2D eigenvalue weighted by molar-refractivity contribution is 9.08. The van der Waals surface area contributed by atoms with Crippen LogP contribution in [0.25, 0.3) is 15.3 Å². The molecule has 0 aromatic carbocycles. The third-order valence-corrected chi connectivity index (χ3v) is 8.93. The lowest BCUT2D eigenvalue weighted by atomic mass is 9.80. The number of hydrogen-bond acceptors (Lipinski definition) is 7. The number of hydrogen-bond donors (Lipinski definition) is 2. The van der Waals surface area contributed by atoms with E-state index in [-0.39, 0.29) is 11.8 Å². The number of anilines is 1. The van der Waals surface area contributed by atoms with Crippen LogP contribution in [0.3, 0.4) is 0 Å². The first-order chi connectivity index (χ1) is 17.9. The molecular formula is C25H27BrN8O2S. The lowest BCUT2D eigenvalue weighted by Gasteiger charge is -2.45. The van der Waals surface area contributed by atoms with Crippen LogP contribution in [-0.4, -0.2) is 65.8 Å². The predicted octanol–water partition coefficient (Wildman–Crippen LogP) is 3.98. The summed E-state index contributed by atoms with van der Waals surface area (Å²) in [5, 5.41) is 14.4. The number of fused-ring (bicyclic) bond motifs is 4. The Morgan fingerprint density at radius 3 is 2.68 bits per heavy atom. The molecule has 0 atom stereocenters. The summed E-state index contributed by atoms with van der Waals surface area (Å²) < 4.78 is 3.23. The van der Waals surface area contributed by atoms with Crippen molar-refractivity contribution in [3.63, 3.8) is 0 Å². The van der Waals surface area contributed by atoms with E-state index < -0.39 is 0 Å².